The second-order valence-electron chi connectivity index (χ2n) is 4.45. The maximum atomic E-state index is 5.20. The maximum Gasteiger partial charge on any atom is 0.135 e. The van der Waals surface area contributed by atoms with Crippen LogP contribution in [0.25, 0.3) is 0 Å². The molecule has 0 unspecified atom stereocenters. The Morgan fingerprint density at radius 1 is 1.21 bits per heavy atom. The Bertz CT molecular complexity index is 572. The Balaban J connectivity index is 2.27. The van der Waals surface area contributed by atoms with Crippen molar-refractivity contribution in [1.82, 2.24) is 9.97 Å². The van der Waals surface area contributed by atoms with E-state index in [1.165, 1.54) is 0 Å². The predicted molar refractivity (Wildman–Crippen MR) is 80.1 cm³/mol. The van der Waals surface area contributed by atoms with Crippen LogP contribution in [0.1, 0.15) is 25.6 Å². The third kappa shape index (κ3) is 3.67. The zero-order valence-corrected chi connectivity index (χ0v) is 12.7. The van der Waals surface area contributed by atoms with Crippen molar-refractivity contribution in [2.24, 2.45) is 0 Å². The van der Waals surface area contributed by atoms with Gasteiger partial charge < -0.3 is 10.1 Å². The van der Waals surface area contributed by atoms with Gasteiger partial charge in [0.2, 0.25) is 0 Å². The Morgan fingerprint density at radius 3 is 2.68 bits per heavy atom. The van der Waals surface area contributed by atoms with Crippen LogP contribution in [0, 0.1) is 0 Å². The van der Waals surface area contributed by atoms with Crippen molar-refractivity contribution in [3.8, 4) is 5.75 Å². The Labute approximate surface area is 121 Å². The number of aromatic nitrogens is 2. The molecule has 0 saturated carbocycles. The second kappa shape index (κ2) is 6.02. The van der Waals surface area contributed by atoms with Gasteiger partial charge >= 0.3 is 0 Å². The highest BCUT2D eigenvalue weighted by molar-refractivity contribution is 9.10. The summed E-state index contributed by atoms with van der Waals surface area (Å²) in [5.74, 6) is 2.66. The number of methoxy groups -OCH3 is 1. The van der Waals surface area contributed by atoms with E-state index >= 15 is 0 Å². The van der Waals surface area contributed by atoms with Crippen molar-refractivity contribution in [2.75, 3.05) is 12.4 Å². The molecular weight excluding hydrogens is 306 g/mol. The van der Waals surface area contributed by atoms with Gasteiger partial charge in [0, 0.05) is 23.7 Å². The van der Waals surface area contributed by atoms with E-state index in [9.17, 15) is 0 Å². The quantitative estimate of drug-likeness (QED) is 0.861. The molecule has 100 valence electrons. The van der Waals surface area contributed by atoms with E-state index in [4.69, 9.17) is 4.74 Å². The molecule has 0 aliphatic rings. The minimum Gasteiger partial charge on any atom is -0.497 e. The van der Waals surface area contributed by atoms with Gasteiger partial charge in [0.25, 0.3) is 0 Å². The van der Waals surface area contributed by atoms with E-state index in [0.717, 1.165) is 27.7 Å². The fourth-order valence-corrected chi connectivity index (χ4v) is 2.00. The van der Waals surface area contributed by atoms with Crippen LogP contribution in [0.5, 0.6) is 5.75 Å². The van der Waals surface area contributed by atoms with E-state index in [-0.39, 0.29) is 5.92 Å². The highest BCUT2D eigenvalue weighted by Gasteiger charge is 2.07. The van der Waals surface area contributed by atoms with Gasteiger partial charge in [0.05, 0.1) is 7.11 Å². The van der Waals surface area contributed by atoms with Gasteiger partial charge in [-0.1, -0.05) is 19.9 Å². The molecule has 1 heterocycles. The Hall–Kier alpha value is -1.62. The summed E-state index contributed by atoms with van der Waals surface area (Å²) in [4.78, 5) is 8.84. The largest absolute Gasteiger partial charge is 0.497 e. The fraction of sp³-hybridized carbons (Fsp3) is 0.286. The van der Waals surface area contributed by atoms with Crippen LogP contribution in [-0.2, 0) is 0 Å². The molecule has 4 nitrogen and oxygen atoms in total. The lowest BCUT2D eigenvalue weighted by atomic mass is 10.2. The first-order valence-corrected chi connectivity index (χ1v) is 6.83. The highest BCUT2D eigenvalue weighted by Crippen LogP contribution is 2.23. The van der Waals surface area contributed by atoms with E-state index in [1.54, 1.807) is 7.11 Å². The standard InChI is InChI=1S/C14H16BrN3O/c1-9(2)14-17-12(15)8-13(18-14)16-10-5-4-6-11(7-10)19-3/h4-9H,1-3H3,(H,16,17,18). The molecule has 2 rings (SSSR count). The van der Waals surface area contributed by atoms with Crippen molar-refractivity contribution < 1.29 is 4.74 Å². The molecule has 0 fully saturated rings. The molecule has 0 bridgehead atoms. The molecule has 0 aliphatic carbocycles. The average Bonchev–Trinajstić information content (AvgIpc) is 2.38. The van der Waals surface area contributed by atoms with Crippen molar-refractivity contribution in [2.45, 2.75) is 19.8 Å². The molecule has 0 aliphatic heterocycles. The first-order valence-electron chi connectivity index (χ1n) is 6.04. The molecule has 0 spiro atoms. The predicted octanol–water partition coefficient (Wildman–Crippen LogP) is 4.11. The van der Waals surface area contributed by atoms with Gasteiger partial charge in [-0.25, -0.2) is 9.97 Å². The lowest BCUT2D eigenvalue weighted by Crippen LogP contribution is -2.02. The number of nitrogens with one attached hydrogen (secondary N) is 1. The summed E-state index contributed by atoms with van der Waals surface area (Å²) >= 11 is 3.41. The molecule has 1 N–H and O–H groups in total. The van der Waals surface area contributed by atoms with Crippen LogP contribution >= 0.6 is 15.9 Å². The van der Waals surface area contributed by atoms with E-state index in [2.05, 4.69) is 45.1 Å². The molecule has 0 atom stereocenters. The summed E-state index contributed by atoms with van der Waals surface area (Å²) in [6.45, 7) is 4.13. The third-order valence-electron chi connectivity index (χ3n) is 2.57. The third-order valence-corrected chi connectivity index (χ3v) is 2.98. The van der Waals surface area contributed by atoms with Crippen LogP contribution in [0.3, 0.4) is 0 Å². The van der Waals surface area contributed by atoms with E-state index in [1.807, 2.05) is 30.3 Å². The fourth-order valence-electron chi connectivity index (χ4n) is 1.61. The lowest BCUT2D eigenvalue weighted by molar-refractivity contribution is 0.415. The second-order valence-corrected chi connectivity index (χ2v) is 5.26. The normalized spacial score (nSPS) is 10.6. The van der Waals surface area contributed by atoms with Crippen molar-refractivity contribution in [3.63, 3.8) is 0 Å². The zero-order valence-electron chi connectivity index (χ0n) is 11.1. The number of ether oxygens (including phenoxy) is 1. The van der Waals surface area contributed by atoms with Gasteiger partial charge in [-0.15, -0.1) is 0 Å². The number of rotatable bonds is 4. The van der Waals surface area contributed by atoms with E-state index in [0.29, 0.717) is 0 Å². The minimum absolute atomic E-state index is 0.281. The number of nitrogens with zero attached hydrogens (tertiary/aromatic N) is 2. The number of hydrogen-bond donors (Lipinski definition) is 1. The van der Waals surface area contributed by atoms with Gasteiger partial charge in [-0.2, -0.15) is 0 Å². The summed E-state index contributed by atoms with van der Waals surface area (Å²) in [5, 5.41) is 3.25. The monoisotopic (exact) mass is 321 g/mol. The van der Waals surface area contributed by atoms with Crippen LogP contribution in [0.2, 0.25) is 0 Å². The first kappa shape index (κ1) is 13.8. The van der Waals surface area contributed by atoms with Crippen LogP contribution in [0.4, 0.5) is 11.5 Å². The van der Waals surface area contributed by atoms with Crippen molar-refractivity contribution in [3.05, 3.63) is 40.8 Å². The molecule has 0 amide bonds. The molecule has 0 radical (unpaired) electrons. The van der Waals surface area contributed by atoms with Crippen molar-refractivity contribution >= 4 is 27.4 Å². The topological polar surface area (TPSA) is 47.0 Å². The number of benzene rings is 1. The molecule has 1 aromatic heterocycles. The number of hydrogen-bond acceptors (Lipinski definition) is 4. The van der Waals surface area contributed by atoms with Crippen LogP contribution in [-0.4, -0.2) is 17.1 Å². The van der Waals surface area contributed by atoms with Crippen LogP contribution < -0.4 is 10.1 Å². The summed E-state index contributed by atoms with van der Waals surface area (Å²) in [6, 6.07) is 9.57. The van der Waals surface area contributed by atoms with Crippen LogP contribution in [0.15, 0.2) is 34.9 Å². The summed E-state index contributed by atoms with van der Waals surface area (Å²) in [7, 11) is 1.65. The van der Waals surface area contributed by atoms with Crippen molar-refractivity contribution in [1.29, 1.82) is 0 Å². The molecule has 1 aromatic carbocycles. The summed E-state index contributed by atoms with van der Waals surface area (Å²) < 4.78 is 5.97. The van der Waals surface area contributed by atoms with E-state index < -0.39 is 0 Å². The summed E-state index contributed by atoms with van der Waals surface area (Å²) in [5.41, 5.74) is 0.930. The molecule has 0 saturated heterocycles. The van der Waals surface area contributed by atoms with Gasteiger partial charge in [0.1, 0.15) is 22.0 Å². The molecular formula is C14H16BrN3O. The zero-order chi connectivity index (χ0) is 13.8. The Kier molecular flexibility index (Phi) is 4.37. The molecule has 5 heteroatoms. The summed E-state index contributed by atoms with van der Waals surface area (Å²) in [6.07, 6.45) is 0. The van der Waals surface area contributed by atoms with Gasteiger partial charge in [-0.05, 0) is 28.1 Å². The highest BCUT2D eigenvalue weighted by atomic mass is 79.9. The Morgan fingerprint density at radius 2 is 2.00 bits per heavy atom. The average molecular weight is 322 g/mol. The lowest BCUT2D eigenvalue weighted by Gasteiger charge is -2.10. The number of halogens is 1. The SMILES string of the molecule is COc1cccc(Nc2cc(Br)nc(C(C)C)n2)c1. The molecule has 2 aromatic rings. The number of anilines is 2. The van der Waals surface area contributed by atoms with Gasteiger partial charge in [0.15, 0.2) is 0 Å². The first-order chi connectivity index (χ1) is 9.08. The van der Waals surface area contributed by atoms with Gasteiger partial charge in [-0.3, -0.25) is 0 Å². The smallest absolute Gasteiger partial charge is 0.135 e. The minimum atomic E-state index is 0.281. The molecule has 19 heavy (non-hydrogen) atoms. The maximum absolute atomic E-state index is 5.20.